The Balaban J connectivity index is 1.65. The minimum absolute atomic E-state index is 0.163. The van der Waals surface area contributed by atoms with Gasteiger partial charge in [0.25, 0.3) is 5.91 Å². The molecule has 2 aromatic carbocycles. The summed E-state index contributed by atoms with van der Waals surface area (Å²) in [4.78, 5) is 38.1. The predicted molar refractivity (Wildman–Crippen MR) is 152 cm³/mol. The number of amides is 2. The average Bonchev–Trinajstić information content (AvgIpc) is 2.92. The van der Waals surface area contributed by atoms with Crippen LogP contribution in [0, 0.1) is 0 Å². The van der Waals surface area contributed by atoms with Gasteiger partial charge in [-0.2, -0.15) is 0 Å². The van der Waals surface area contributed by atoms with E-state index in [0.717, 1.165) is 19.1 Å². The number of fused-ring (bicyclic) bond motifs is 1. The van der Waals surface area contributed by atoms with Crippen molar-refractivity contribution in [2.24, 2.45) is 0 Å². The molecule has 0 radical (unpaired) electrons. The number of halogens is 2. The lowest BCUT2D eigenvalue weighted by molar-refractivity contribution is -0.124. The molecule has 4 atom stereocenters. The number of hydrogen-bond acceptors (Lipinski definition) is 6. The average molecular weight is 603 g/mol. The fourth-order valence-electron chi connectivity index (χ4n) is 5.84. The molecular formula is C28H29Cl2N5O4S. The van der Waals surface area contributed by atoms with E-state index >= 15 is 0 Å². The Kier molecular flexibility index (Phi) is 8.42. The Bertz CT molecular complexity index is 1520. The second-order valence-corrected chi connectivity index (χ2v) is 12.8. The van der Waals surface area contributed by atoms with Crippen LogP contribution in [0.1, 0.15) is 64.8 Å². The first-order valence-electron chi connectivity index (χ1n) is 13.0. The van der Waals surface area contributed by atoms with Crippen LogP contribution >= 0.6 is 23.2 Å². The fourth-order valence-corrected chi connectivity index (χ4v) is 7.18. The minimum atomic E-state index is -3.56. The van der Waals surface area contributed by atoms with Crippen LogP contribution in [-0.2, 0) is 21.4 Å². The molecule has 1 aliphatic heterocycles. The largest absolute Gasteiger partial charge is 0.350 e. The number of hydrogen-bond donors (Lipinski definition) is 2. The number of carbonyl (C=O) groups is 2. The molecule has 2 amide bonds. The zero-order valence-corrected chi connectivity index (χ0v) is 24.1. The van der Waals surface area contributed by atoms with E-state index < -0.39 is 34.1 Å². The highest BCUT2D eigenvalue weighted by atomic mass is 35.5. The van der Waals surface area contributed by atoms with Gasteiger partial charge in [0.1, 0.15) is 6.33 Å². The third kappa shape index (κ3) is 6.00. The van der Waals surface area contributed by atoms with Gasteiger partial charge in [-0.25, -0.2) is 23.1 Å². The van der Waals surface area contributed by atoms with Gasteiger partial charge in [0, 0.05) is 33.9 Å². The molecule has 0 saturated heterocycles. The summed E-state index contributed by atoms with van der Waals surface area (Å²) in [7, 11) is -3.56. The highest BCUT2D eigenvalue weighted by molar-refractivity contribution is 7.88. The molecule has 2 N–H and O–H groups in total. The van der Waals surface area contributed by atoms with Crippen LogP contribution in [0.5, 0.6) is 0 Å². The molecule has 2 heterocycles. The Hall–Kier alpha value is -3.05. The monoisotopic (exact) mass is 601 g/mol. The lowest BCUT2D eigenvalue weighted by Gasteiger charge is -2.49. The van der Waals surface area contributed by atoms with Gasteiger partial charge in [-0.05, 0) is 48.2 Å². The summed E-state index contributed by atoms with van der Waals surface area (Å²) in [6.07, 6.45) is 6.88. The molecular weight excluding hydrogens is 573 g/mol. The summed E-state index contributed by atoms with van der Waals surface area (Å²) < 4.78 is 27.4. The van der Waals surface area contributed by atoms with E-state index in [0.29, 0.717) is 45.3 Å². The fraction of sp³-hybridized carbons (Fsp3) is 0.357. The second-order valence-electron chi connectivity index (χ2n) is 10.2. The molecule has 210 valence electrons. The third-order valence-corrected chi connectivity index (χ3v) is 8.77. The molecule has 3 aromatic rings. The standard InChI is InChI=1S/C28H29Cl2N5O4S/c1-40(38,39)34-23-8-4-5-9-24(23)35-26(21-11-10-17(29)14-22(21)30)25(19-6-2-3-7-20(19)28(35)37)27(36)32-15-18-12-13-31-16-33-18/h2-3,6-7,10-14,16,23-26,34H,4-5,8-9,15H2,1H3,(H,32,36)/t23-,24?,25+,26-/m0/s1. The molecule has 40 heavy (non-hydrogen) atoms. The van der Waals surface area contributed by atoms with E-state index in [-0.39, 0.29) is 18.4 Å². The van der Waals surface area contributed by atoms with Crippen molar-refractivity contribution >= 4 is 45.0 Å². The first-order chi connectivity index (χ1) is 19.1. The topological polar surface area (TPSA) is 121 Å². The lowest BCUT2D eigenvalue weighted by atomic mass is 9.76. The number of carbonyl (C=O) groups excluding carboxylic acids is 2. The van der Waals surface area contributed by atoms with Gasteiger partial charge in [0.2, 0.25) is 15.9 Å². The van der Waals surface area contributed by atoms with E-state index in [9.17, 15) is 18.0 Å². The van der Waals surface area contributed by atoms with Crippen molar-refractivity contribution < 1.29 is 18.0 Å². The molecule has 1 aromatic heterocycles. The van der Waals surface area contributed by atoms with Crippen molar-refractivity contribution in [1.29, 1.82) is 0 Å². The van der Waals surface area contributed by atoms with E-state index in [2.05, 4.69) is 20.0 Å². The molecule has 1 aliphatic carbocycles. The predicted octanol–water partition coefficient (Wildman–Crippen LogP) is 4.24. The van der Waals surface area contributed by atoms with E-state index in [4.69, 9.17) is 23.2 Å². The number of sulfonamides is 1. The maximum atomic E-state index is 14.3. The molecule has 2 aliphatic rings. The first-order valence-corrected chi connectivity index (χ1v) is 15.6. The summed E-state index contributed by atoms with van der Waals surface area (Å²) in [5.74, 6) is -1.43. The van der Waals surface area contributed by atoms with Crippen LogP contribution in [0.25, 0.3) is 0 Å². The molecule has 1 fully saturated rings. The molecule has 1 unspecified atom stereocenters. The summed E-state index contributed by atoms with van der Waals surface area (Å²) in [5.41, 5.74) is 2.16. The third-order valence-electron chi connectivity index (χ3n) is 7.48. The smallest absolute Gasteiger partial charge is 0.255 e. The van der Waals surface area contributed by atoms with Gasteiger partial charge in [-0.15, -0.1) is 0 Å². The van der Waals surface area contributed by atoms with E-state index in [1.807, 2.05) is 0 Å². The highest BCUT2D eigenvalue weighted by Crippen LogP contribution is 2.47. The summed E-state index contributed by atoms with van der Waals surface area (Å²) >= 11 is 13.0. The van der Waals surface area contributed by atoms with Crippen molar-refractivity contribution in [2.75, 3.05) is 6.26 Å². The highest BCUT2D eigenvalue weighted by Gasteiger charge is 2.49. The van der Waals surface area contributed by atoms with Crippen molar-refractivity contribution in [3.8, 4) is 0 Å². The van der Waals surface area contributed by atoms with Gasteiger partial charge in [0.15, 0.2) is 0 Å². The number of nitrogens with one attached hydrogen (secondary N) is 2. The second kappa shape index (κ2) is 11.8. The van der Waals surface area contributed by atoms with Crippen LogP contribution in [0.15, 0.2) is 61.1 Å². The first kappa shape index (κ1) is 28.5. The molecule has 1 saturated carbocycles. The van der Waals surface area contributed by atoms with Gasteiger partial charge < -0.3 is 10.2 Å². The molecule has 0 spiro atoms. The van der Waals surface area contributed by atoms with Crippen LogP contribution in [0.3, 0.4) is 0 Å². The Morgan fingerprint density at radius 3 is 2.58 bits per heavy atom. The number of aromatic nitrogens is 2. The van der Waals surface area contributed by atoms with Crippen LogP contribution in [0.2, 0.25) is 10.0 Å². The van der Waals surface area contributed by atoms with Crippen molar-refractivity contribution in [3.05, 3.63) is 93.5 Å². The minimum Gasteiger partial charge on any atom is -0.350 e. The Morgan fingerprint density at radius 1 is 1.07 bits per heavy atom. The van der Waals surface area contributed by atoms with Gasteiger partial charge in [0.05, 0.1) is 30.5 Å². The summed E-state index contributed by atoms with van der Waals surface area (Å²) in [6, 6.07) is 11.9. The van der Waals surface area contributed by atoms with Gasteiger partial charge in [-0.3, -0.25) is 9.59 Å². The molecule has 0 bridgehead atoms. The normalized spacial score (nSPS) is 23.0. The van der Waals surface area contributed by atoms with Crippen molar-refractivity contribution in [1.82, 2.24) is 24.9 Å². The van der Waals surface area contributed by atoms with Crippen LogP contribution in [-0.4, -0.2) is 53.4 Å². The SMILES string of the molecule is CS(=O)(=O)N[C@H]1CCCCC1N1C(=O)c2ccccc2[C@@H](C(=O)NCc2ccncn2)[C@@H]1c1ccc(Cl)cc1Cl. The molecule has 9 nitrogen and oxygen atoms in total. The molecule has 5 rings (SSSR count). The quantitative estimate of drug-likeness (QED) is 0.418. The zero-order chi connectivity index (χ0) is 28.4. The van der Waals surface area contributed by atoms with Crippen molar-refractivity contribution in [2.45, 2.75) is 56.3 Å². The van der Waals surface area contributed by atoms with Gasteiger partial charge >= 0.3 is 0 Å². The van der Waals surface area contributed by atoms with Crippen LogP contribution < -0.4 is 10.0 Å². The Morgan fingerprint density at radius 2 is 1.85 bits per heavy atom. The van der Waals surface area contributed by atoms with E-state index in [1.54, 1.807) is 59.6 Å². The zero-order valence-electron chi connectivity index (χ0n) is 21.8. The Labute approximate surface area is 243 Å². The lowest BCUT2D eigenvalue weighted by Crippen LogP contribution is -2.59. The maximum Gasteiger partial charge on any atom is 0.255 e. The number of rotatable bonds is 7. The number of nitrogens with zero attached hydrogens (tertiary/aromatic N) is 3. The maximum absolute atomic E-state index is 14.3. The van der Waals surface area contributed by atoms with E-state index in [1.165, 1.54) is 6.33 Å². The van der Waals surface area contributed by atoms with Gasteiger partial charge in [-0.1, -0.05) is 60.3 Å². The molecule has 12 heteroatoms. The summed E-state index contributed by atoms with van der Waals surface area (Å²) in [6.45, 7) is 0.163. The number of benzene rings is 2. The van der Waals surface area contributed by atoms with Crippen molar-refractivity contribution in [3.63, 3.8) is 0 Å². The van der Waals surface area contributed by atoms with Crippen LogP contribution in [0.4, 0.5) is 0 Å². The summed E-state index contributed by atoms with van der Waals surface area (Å²) in [5, 5.41) is 3.71.